The van der Waals surface area contributed by atoms with Crippen molar-refractivity contribution in [3.05, 3.63) is 35.4 Å². The Morgan fingerprint density at radius 1 is 1.26 bits per heavy atom. The Kier molecular flexibility index (Phi) is 4.21. The molecular weight excluding hydrogens is 248 g/mol. The average molecular weight is 269 g/mol. The first-order valence-corrected chi connectivity index (χ1v) is 6.76. The second kappa shape index (κ2) is 5.55. The van der Waals surface area contributed by atoms with Gasteiger partial charge in [-0.15, -0.1) is 0 Å². The number of aliphatic hydroxyl groups excluding tert-OH is 1. The lowest BCUT2D eigenvalue weighted by Gasteiger charge is -2.40. The van der Waals surface area contributed by atoms with E-state index in [9.17, 15) is 13.9 Å². The molecule has 1 aliphatic carbocycles. The van der Waals surface area contributed by atoms with Crippen LogP contribution in [0.5, 0.6) is 0 Å². The van der Waals surface area contributed by atoms with Gasteiger partial charge in [-0.2, -0.15) is 0 Å². The van der Waals surface area contributed by atoms with Gasteiger partial charge in [0.25, 0.3) is 0 Å². The number of benzene rings is 1. The van der Waals surface area contributed by atoms with Crippen LogP contribution in [0.15, 0.2) is 18.2 Å². The lowest BCUT2D eigenvalue weighted by atomic mass is 9.85. The first kappa shape index (κ1) is 14.4. The molecule has 1 atom stereocenters. The molecule has 2 nitrogen and oxygen atoms in total. The highest BCUT2D eigenvalue weighted by Crippen LogP contribution is 2.38. The molecular formula is C15H21F2NO. The highest BCUT2D eigenvalue weighted by molar-refractivity contribution is 5.21. The van der Waals surface area contributed by atoms with Gasteiger partial charge >= 0.3 is 0 Å². The van der Waals surface area contributed by atoms with Crippen LogP contribution in [0.3, 0.4) is 0 Å². The van der Waals surface area contributed by atoms with E-state index in [2.05, 4.69) is 0 Å². The van der Waals surface area contributed by atoms with E-state index >= 15 is 0 Å². The van der Waals surface area contributed by atoms with Crippen molar-refractivity contribution in [1.82, 2.24) is 4.90 Å². The van der Waals surface area contributed by atoms with Crippen LogP contribution in [0, 0.1) is 11.6 Å². The molecule has 0 heterocycles. The van der Waals surface area contributed by atoms with Gasteiger partial charge < -0.3 is 10.0 Å². The van der Waals surface area contributed by atoms with Gasteiger partial charge in [0.05, 0.1) is 6.10 Å². The van der Waals surface area contributed by atoms with E-state index in [1.54, 1.807) is 6.07 Å². The summed E-state index contributed by atoms with van der Waals surface area (Å²) in [6.07, 6.45) is 3.42. The molecule has 4 heteroatoms. The molecule has 0 aliphatic heterocycles. The van der Waals surface area contributed by atoms with Gasteiger partial charge in [0.1, 0.15) is 0 Å². The molecule has 1 unspecified atom stereocenters. The largest absolute Gasteiger partial charge is 0.391 e. The van der Waals surface area contributed by atoms with Crippen LogP contribution < -0.4 is 0 Å². The Morgan fingerprint density at radius 2 is 1.89 bits per heavy atom. The van der Waals surface area contributed by atoms with Crippen LogP contribution in [0.25, 0.3) is 0 Å². The molecule has 1 saturated carbocycles. The van der Waals surface area contributed by atoms with Crippen LogP contribution in [0.4, 0.5) is 8.78 Å². The number of rotatable bonds is 4. The van der Waals surface area contributed by atoms with Gasteiger partial charge in [0, 0.05) is 12.0 Å². The molecule has 1 fully saturated rings. The summed E-state index contributed by atoms with van der Waals surface area (Å²) >= 11 is 0. The highest BCUT2D eigenvalue weighted by Gasteiger charge is 2.42. The monoisotopic (exact) mass is 269 g/mol. The smallest absolute Gasteiger partial charge is 0.162 e. The summed E-state index contributed by atoms with van der Waals surface area (Å²) in [6.45, 7) is 0. The Bertz CT molecular complexity index is 442. The second-order valence-corrected chi connectivity index (χ2v) is 5.64. The number of halogens is 2. The molecule has 1 aromatic carbocycles. The van der Waals surface area contributed by atoms with Gasteiger partial charge in [0.2, 0.25) is 0 Å². The summed E-state index contributed by atoms with van der Waals surface area (Å²) in [5, 5.41) is 10.5. The van der Waals surface area contributed by atoms with Crippen molar-refractivity contribution >= 4 is 0 Å². The van der Waals surface area contributed by atoms with Gasteiger partial charge in [-0.1, -0.05) is 25.0 Å². The van der Waals surface area contributed by atoms with E-state index in [-0.39, 0.29) is 17.5 Å². The van der Waals surface area contributed by atoms with E-state index < -0.39 is 17.7 Å². The van der Waals surface area contributed by atoms with Crippen molar-refractivity contribution in [3.8, 4) is 0 Å². The fraction of sp³-hybridized carbons (Fsp3) is 0.600. The van der Waals surface area contributed by atoms with E-state index in [4.69, 9.17) is 0 Å². The zero-order valence-corrected chi connectivity index (χ0v) is 11.5. The normalized spacial score (nSPS) is 19.9. The minimum absolute atomic E-state index is 0.155. The molecule has 19 heavy (non-hydrogen) atoms. The van der Waals surface area contributed by atoms with E-state index in [0.29, 0.717) is 0 Å². The van der Waals surface area contributed by atoms with Crippen molar-refractivity contribution in [2.45, 2.75) is 43.7 Å². The van der Waals surface area contributed by atoms with E-state index in [1.807, 2.05) is 19.0 Å². The zero-order chi connectivity index (χ0) is 14.0. The Labute approximate surface area is 113 Å². The van der Waals surface area contributed by atoms with Gasteiger partial charge in [-0.05, 0) is 38.6 Å². The summed E-state index contributed by atoms with van der Waals surface area (Å²) < 4.78 is 26.9. The van der Waals surface area contributed by atoms with Crippen LogP contribution in [0.1, 0.15) is 31.2 Å². The number of nitrogens with zero attached hydrogens (tertiary/aromatic N) is 1. The maximum absolute atomic E-state index is 13.7. The minimum atomic E-state index is -0.852. The number of aliphatic hydroxyl groups is 1. The third kappa shape index (κ3) is 2.65. The fourth-order valence-corrected chi connectivity index (χ4v) is 3.17. The number of likely N-dealkylation sites (N-methyl/N-ethyl adjacent to an activating group) is 1. The maximum atomic E-state index is 13.7. The van der Waals surface area contributed by atoms with Crippen LogP contribution in [-0.2, 0) is 6.42 Å². The van der Waals surface area contributed by atoms with Crippen LogP contribution >= 0.6 is 0 Å². The third-order valence-electron chi connectivity index (χ3n) is 4.43. The van der Waals surface area contributed by atoms with Crippen molar-refractivity contribution < 1.29 is 13.9 Å². The lowest BCUT2D eigenvalue weighted by Crippen LogP contribution is -2.52. The maximum Gasteiger partial charge on any atom is 0.162 e. The van der Waals surface area contributed by atoms with Gasteiger partial charge in [0.15, 0.2) is 11.6 Å². The van der Waals surface area contributed by atoms with Crippen molar-refractivity contribution in [1.29, 1.82) is 0 Å². The molecule has 0 bridgehead atoms. The molecule has 1 aromatic rings. The van der Waals surface area contributed by atoms with Crippen molar-refractivity contribution in [3.63, 3.8) is 0 Å². The summed E-state index contributed by atoms with van der Waals surface area (Å²) in [6, 6.07) is 4.12. The summed E-state index contributed by atoms with van der Waals surface area (Å²) in [5.74, 6) is -1.69. The first-order chi connectivity index (χ1) is 8.97. The molecule has 1 N–H and O–H groups in total. The van der Waals surface area contributed by atoms with E-state index in [1.165, 1.54) is 6.07 Å². The van der Waals surface area contributed by atoms with Crippen molar-refractivity contribution in [2.24, 2.45) is 0 Å². The molecule has 0 radical (unpaired) electrons. The topological polar surface area (TPSA) is 23.5 Å². The zero-order valence-electron chi connectivity index (χ0n) is 11.5. The minimum Gasteiger partial charge on any atom is -0.391 e. The van der Waals surface area contributed by atoms with Gasteiger partial charge in [-0.3, -0.25) is 0 Å². The quantitative estimate of drug-likeness (QED) is 0.908. The lowest BCUT2D eigenvalue weighted by molar-refractivity contribution is -0.00299. The SMILES string of the molecule is CN(C)C1(C(O)Cc2cccc(F)c2F)CCCC1. The molecule has 1 aliphatic rings. The summed E-state index contributed by atoms with van der Waals surface area (Å²) in [4.78, 5) is 2.03. The molecule has 0 aromatic heterocycles. The highest BCUT2D eigenvalue weighted by atomic mass is 19.2. The Balaban J connectivity index is 2.20. The average Bonchev–Trinajstić information content (AvgIpc) is 2.85. The van der Waals surface area contributed by atoms with E-state index in [0.717, 1.165) is 31.7 Å². The molecule has 106 valence electrons. The Hall–Kier alpha value is -1.00. The van der Waals surface area contributed by atoms with Gasteiger partial charge in [-0.25, -0.2) is 8.78 Å². The molecule has 0 saturated heterocycles. The third-order valence-corrected chi connectivity index (χ3v) is 4.43. The first-order valence-electron chi connectivity index (χ1n) is 6.76. The predicted molar refractivity (Wildman–Crippen MR) is 71.0 cm³/mol. The van der Waals surface area contributed by atoms with Crippen LogP contribution in [-0.4, -0.2) is 35.7 Å². The summed E-state index contributed by atoms with van der Waals surface area (Å²) in [5.41, 5.74) is -0.0562. The molecule has 2 rings (SSSR count). The van der Waals surface area contributed by atoms with Crippen molar-refractivity contribution in [2.75, 3.05) is 14.1 Å². The molecule has 0 spiro atoms. The molecule has 0 amide bonds. The number of hydrogen-bond acceptors (Lipinski definition) is 2. The Morgan fingerprint density at radius 3 is 2.47 bits per heavy atom. The predicted octanol–water partition coefficient (Wildman–Crippen LogP) is 2.74. The number of hydrogen-bond donors (Lipinski definition) is 1. The second-order valence-electron chi connectivity index (χ2n) is 5.64. The fourth-order valence-electron chi connectivity index (χ4n) is 3.17. The van der Waals surface area contributed by atoms with Crippen LogP contribution in [0.2, 0.25) is 0 Å². The summed E-state index contributed by atoms with van der Waals surface area (Å²) in [7, 11) is 3.88. The standard InChI is InChI=1S/C15H21F2NO/c1-18(2)15(8-3-4-9-15)13(19)10-11-6-5-7-12(16)14(11)17/h5-7,13,19H,3-4,8-10H2,1-2H3.